The zero-order valence-corrected chi connectivity index (χ0v) is 13.6. The minimum absolute atomic E-state index is 0.0912. The van der Waals surface area contributed by atoms with Gasteiger partial charge in [-0.15, -0.1) is 0 Å². The van der Waals surface area contributed by atoms with Gasteiger partial charge in [0.1, 0.15) is 11.8 Å². The molecule has 1 aliphatic heterocycles. The Hall–Kier alpha value is -3.02. The smallest absolute Gasteiger partial charge is 0.256 e. The van der Waals surface area contributed by atoms with Crippen LogP contribution in [0, 0.1) is 0 Å². The fourth-order valence-electron chi connectivity index (χ4n) is 2.67. The van der Waals surface area contributed by atoms with Crippen LogP contribution in [0.4, 0.5) is 17.1 Å². The van der Waals surface area contributed by atoms with E-state index in [4.69, 9.17) is 0 Å². The van der Waals surface area contributed by atoms with Gasteiger partial charge in [0.15, 0.2) is 0 Å². The Morgan fingerprint density at radius 3 is 2.25 bits per heavy atom. The summed E-state index contributed by atoms with van der Waals surface area (Å²) in [5, 5.41) is 12.5. The van der Waals surface area contributed by atoms with E-state index in [9.17, 15) is 14.7 Å². The summed E-state index contributed by atoms with van der Waals surface area (Å²) < 4.78 is 0. The summed E-state index contributed by atoms with van der Waals surface area (Å²) in [7, 11) is 3.91. The van der Waals surface area contributed by atoms with Crippen LogP contribution in [-0.2, 0) is 9.59 Å². The maximum absolute atomic E-state index is 12.6. The van der Waals surface area contributed by atoms with Gasteiger partial charge in [0.25, 0.3) is 5.91 Å². The lowest BCUT2D eigenvalue weighted by Crippen LogP contribution is -2.34. The molecule has 0 aliphatic carbocycles. The van der Waals surface area contributed by atoms with Crippen LogP contribution in [0.1, 0.15) is 6.42 Å². The molecule has 0 aromatic heterocycles. The molecule has 2 aromatic carbocycles. The predicted molar refractivity (Wildman–Crippen MR) is 93.4 cm³/mol. The molecule has 0 radical (unpaired) electrons. The number of aromatic hydroxyl groups is 1. The first kappa shape index (κ1) is 15.9. The van der Waals surface area contributed by atoms with Crippen LogP contribution < -0.4 is 15.1 Å². The van der Waals surface area contributed by atoms with Gasteiger partial charge < -0.3 is 15.3 Å². The Morgan fingerprint density at radius 2 is 1.67 bits per heavy atom. The van der Waals surface area contributed by atoms with E-state index >= 15 is 0 Å². The van der Waals surface area contributed by atoms with Gasteiger partial charge in [-0.1, -0.05) is 0 Å². The number of hydrogen-bond donors (Lipinski definition) is 2. The van der Waals surface area contributed by atoms with Crippen molar-refractivity contribution < 1.29 is 14.7 Å². The second kappa shape index (κ2) is 6.23. The molecule has 6 nitrogen and oxygen atoms in total. The van der Waals surface area contributed by atoms with Crippen molar-refractivity contribution in [2.24, 2.45) is 0 Å². The van der Waals surface area contributed by atoms with E-state index in [2.05, 4.69) is 5.32 Å². The van der Waals surface area contributed by atoms with Gasteiger partial charge in [-0.25, -0.2) is 4.90 Å². The van der Waals surface area contributed by atoms with Crippen molar-refractivity contribution in [2.45, 2.75) is 12.5 Å². The Morgan fingerprint density at radius 1 is 1.04 bits per heavy atom. The lowest BCUT2D eigenvalue weighted by Gasteiger charge is -2.17. The van der Waals surface area contributed by atoms with Gasteiger partial charge in [-0.3, -0.25) is 9.59 Å². The maximum Gasteiger partial charge on any atom is 0.256 e. The van der Waals surface area contributed by atoms with Crippen molar-refractivity contribution in [3.8, 4) is 5.75 Å². The van der Waals surface area contributed by atoms with Crippen molar-refractivity contribution >= 4 is 28.9 Å². The van der Waals surface area contributed by atoms with Gasteiger partial charge >= 0.3 is 0 Å². The summed E-state index contributed by atoms with van der Waals surface area (Å²) >= 11 is 0. The van der Waals surface area contributed by atoms with Gasteiger partial charge in [0.2, 0.25) is 5.91 Å². The standard InChI is InChI=1S/C18H19N3O3/c1-20(2)13-5-3-12(4-6-13)19-16-11-17(23)21(18(16)24)14-7-9-15(22)10-8-14/h3-10,16,19,22H,11H2,1-2H3/t16-/m1/s1. The number of rotatable bonds is 4. The van der Waals surface area contributed by atoms with Crippen LogP contribution >= 0.6 is 0 Å². The summed E-state index contributed by atoms with van der Waals surface area (Å²) in [4.78, 5) is 27.9. The maximum atomic E-state index is 12.6. The molecule has 2 N–H and O–H groups in total. The summed E-state index contributed by atoms with van der Waals surface area (Å²) in [5.41, 5.74) is 2.31. The summed E-state index contributed by atoms with van der Waals surface area (Å²) in [5.74, 6) is -0.455. The third kappa shape index (κ3) is 3.03. The number of nitrogens with zero attached hydrogens (tertiary/aromatic N) is 2. The van der Waals surface area contributed by atoms with Crippen LogP contribution in [-0.4, -0.2) is 37.1 Å². The highest BCUT2D eigenvalue weighted by molar-refractivity contribution is 6.23. The highest BCUT2D eigenvalue weighted by Gasteiger charge is 2.39. The number of imide groups is 1. The average Bonchev–Trinajstić information content (AvgIpc) is 2.83. The topological polar surface area (TPSA) is 72.9 Å². The number of carbonyl (C=O) groups excluding carboxylic acids is 2. The molecular formula is C18H19N3O3. The third-order valence-corrected chi connectivity index (χ3v) is 3.98. The molecule has 0 spiro atoms. The molecule has 6 heteroatoms. The number of benzene rings is 2. The average molecular weight is 325 g/mol. The second-order valence-electron chi connectivity index (χ2n) is 5.93. The van der Waals surface area contributed by atoms with Gasteiger partial charge in [-0.2, -0.15) is 0 Å². The summed E-state index contributed by atoms with van der Waals surface area (Å²) in [6.45, 7) is 0. The highest BCUT2D eigenvalue weighted by atomic mass is 16.3. The zero-order valence-electron chi connectivity index (χ0n) is 13.6. The van der Waals surface area contributed by atoms with Gasteiger partial charge in [0, 0.05) is 25.5 Å². The number of nitrogens with one attached hydrogen (secondary N) is 1. The van der Waals surface area contributed by atoms with E-state index in [0.29, 0.717) is 5.69 Å². The first-order valence-corrected chi connectivity index (χ1v) is 7.65. The Balaban J connectivity index is 1.75. The fraction of sp³-hybridized carbons (Fsp3) is 0.222. The Kier molecular flexibility index (Phi) is 4.12. The van der Waals surface area contributed by atoms with Crippen LogP contribution in [0.5, 0.6) is 5.75 Å². The fourth-order valence-corrected chi connectivity index (χ4v) is 2.67. The monoisotopic (exact) mass is 325 g/mol. The van der Waals surface area contributed by atoms with Crippen molar-refractivity contribution in [1.29, 1.82) is 0 Å². The third-order valence-electron chi connectivity index (χ3n) is 3.98. The van der Waals surface area contributed by atoms with Crippen LogP contribution in [0.3, 0.4) is 0 Å². The van der Waals surface area contributed by atoms with Crippen molar-refractivity contribution in [2.75, 3.05) is 29.2 Å². The lowest BCUT2D eigenvalue weighted by molar-refractivity contribution is -0.121. The first-order chi connectivity index (χ1) is 11.5. The van der Waals surface area contributed by atoms with Crippen LogP contribution in [0.15, 0.2) is 48.5 Å². The quantitative estimate of drug-likeness (QED) is 0.843. The summed E-state index contributed by atoms with van der Waals surface area (Å²) in [6, 6.07) is 13.1. The molecule has 1 saturated heterocycles. The minimum atomic E-state index is -0.587. The second-order valence-corrected chi connectivity index (χ2v) is 5.93. The number of hydrogen-bond acceptors (Lipinski definition) is 5. The highest BCUT2D eigenvalue weighted by Crippen LogP contribution is 2.26. The minimum Gasteiger partial charge on any atom is -0.508 e. The Bertz CT molecular complexity index is 754. The molecule has 0 bridgehead atoms. The number of amides is 2. The van der Waals surface area contributed by atoms with Gasteiger partial charge in [-0.05, 0) is 48.5 Å². The van der Waals surface area contributed by atoms with Crippen LogP contribution in [0.2, 0.25) is 0 Å². The molecule has 1 aliphatic rings. The number of phenolic OH excluding ortho intramolecular Hbond substituents is 1. The molecule has 3 rings (SSSR count). The number of anilines is 3. The molecule has 0 unspecified atom stereocenters. The predicted octanol–water partition coefficient (Wildman–Crippen LogP) is 2.20. The van der Waals surface area contributed by atoms with Crippen molar-refractivity contribution in [3.05, 3.63) is 48.5 Å². The molecule has 1 fully saturated rings. The van der Waals surface area contributed by atoms with E-state index in [1.54, 1.807) is 12.1 Å². The Labute approximate surface area is 140 Å². The molecule has 24 heavy (non-hydrogen) atoms. The van der Waals surface area contributed by atoms with Gasteiger partial charge in [0.05, 0.1) is 12.1 Å². The molecule has 1 heterocycles. The van der Waals surface area contributed by atoms with Crippen molar-refractivity contribution in [1.82, 2.24) is 0 Å². The van der Waals surface area contributed by atoms with E-state index in [0.717, 1.165) is 16.3 Å². The van der Waals surface area contributed by atoms with Crippen molar-refractivity contribution in [3.63, 3.8) is 0 Å². The van der Waals surface area contributed by atoms with E-state index in [-0.39, 0.29) is 24.0 Å². The molecule has 0 saturated carbocycles. The van der Waals surface area contributed by atoms with E-state index < -0.39 is 6.04 Å². The zero-order chi connectivity index (χ0) is 17.3. The molecule has 2 amide bonds. The lowest BCUT2D eigenvalue weighted by atomic mass is 10.2. The number of carbonyl (C=O) groups is 2. The SMILES string of the molecule is CN(C)c1ccc(N[C@@H]2CC(=O)N(c3ccc(O)cc3)C2=O)cc1. The van der Waals surface area contributed by atoms with E-state index in [1.807, 2.05) is 43.3 Å². The largest absolute Gasteiger partial charge is 0.508 e. The summed E-state index contributed by atoms with van der Waals surface area (Å²) in [6.07, 6.45) is 0.106. The normalized spacial score (nSPS) is 17.2. The molecular weight excluding hydrogens is 306 g/mol. The van der Waals surface area contributed by atoms with E-state index in [1.165, 1.54) is 12.1 Å². The van der Waals surface area contributed by atoms with Crippen LogP contribution in [0.25, 0.3) is 0 Å². The molecule has 2 aromatic rings. The molecule has 1 atom stereocenters. The number of phenols is 1. The first-order valence-electron chi connectivity index (χ1n) is 7.65. The molecule has 124 valence electrons.